The molecule has 8 nitrogen and oxygen atoms in total. The SMILES string of the molecule is CCC(COC(C)=O)OP(=O)(O)OC(CC)COC(C)=O. The summed E-state index contributed by atoms with van der Waals surface area (Å²) in [5.41, 5.74) is 0. The number of phosphoric ester groups is 1. The number of rotatable bonds is 10. The third-order valence-electron chi connectivity index (χ3n) is 2.42. The molecule has 1 N–H and O–H groups in total. The van der Waals surface area contributed by atoms with Crippen LogP contribution in [0.5, 0.6) is 0 Å². The van der Waals surface area contributed by atoms with Gasteiger partial charge in [-0.1, -0.05) is 13.8 Å². The number of esters is 2. The van der Waals surface area contributed by atoms with Crippen LogP contribution in [-0.4, -0.2) is 42.3 Å². The van der Waals surface area contributed by atoms with Crippen LogP contribution in [0.4, 0.5) is 0 Å². The molecule has 0 saturated carbocycles. The zero-order chi connectivity index (χ0) is 16.5. The Morgan fingerprint density at radius 3 is 1.52 bits per heavy atom. The highest BCUT2D eigenvalue weighted by atomic mass is 31.2. The Morgan fingerprint density at radius 1 is 0.952 bits per heavy atom. The Kier molecular flexibility index (Phi) is 9.44. The van der Waals surface area contributed by atoms with Gasteiger partial charge < -0.3 is 14.4 Å². The first-order valence-electron chi connectivity index (χ1n) is 6.66. The van der Waals surface area contributed by atoms with Crippen molar-refractivity contribution in [2.24, 2.45) is 0 Å². The van der Waals surface area contributed by atoms with Gasteiger partial charge in [0.1, 0.15) is 25.4 Å². The molecule has 124 valence electrons. The van der Waals surface area contributed by atoms with E-state index in [1.807, 2.05) is 0 Å². The molecule has 0 aromatic heterocycles. The van der Waals surface area contributed by atoms with Crippen LogP contribution in [0.15, 0.2) is 0 Å². The maximum absolute atomic E-state index is 11.9. The molecule has 0 aliphatic carbocycles. The van der Waals surface area contributed by atoms with Gasteiger partial charge in [-0.25, -0.2) is 4.57 Å². The molecular weight excluding hydrogens is 303 g/mol. The van der Waals surface area contributed by atoms with E-state index in [2.05, 4.69) is 0 Å². The van der Waals surface area contributed by atoms with Gasteiger partial charge in [0.25, 0.3) is 0 Å². The molecule has 0 aliphatic rings. The van der Waals surface area contributed by atoms with Crippen molar-refractivity contribution in [3.05, 3.63) is 0 Å². The molecule has 0 saturated heterocycles. The van der Waals surface area contributed by atoms with Gasteiger partial charge in [-0.15, -0.1) is 0 Å². The minimum absolute atomic E-state index is 0.138. The smallest absolute Gasteiger partial charge is 0.463 e. The lowest BCUT2D eigenvalue weighted by Crippen LogP contribution is -2.23. The van der Waals surface area contributed by atoms with Gasteiger partial charge in [-0.2, -0.15) is 0 Å². The van der Waals surface area contributed by atoms with Crippen molar-refractivity contribution in [2.75, 3.05) is 13.2 Å². The average Bonchev–Trinajstić information content (AvgIpc) is 2.38. The summed E-state index contributed by atoms with van der Waals surface area (Å²) in [6.07, 6.45) is -0.781. The van der Waals surface area contributed by atoms with E-state index in [-0.39, 0.29) is 13.2 Å². The third-order valence-corrected chi connectivity index (χ3v) is 3.55. The van der Waals surface area contributed by atoms with E-state index in [1.54, 1.807) is 13.8 Å². The van der Waals surface area contributed by atoms with Crippen LogP contribution >= 0.6 is 7.82 Å². The molecule has 0 aromatic rings. The monoisotopic (exact) mass is 326 g/mol. The summed E-state index contributed by atoms with van der Waals surface area (Å²) in [5.74, 6) is -1.01. The van der Waals surface area contributed by atoms with Crippen LogP contribution in [0.1, 0.15) is 40.5 Å². The molecule has 0 bridgehead atoms. The van der Waals surface area contributed by atoms with E-state index < -0.39 is 32.0 Å². The second kappa shape index (κ2) is 9.89. The zero-order valence-electron chi connectivity index (χ0n) is 12.7. The Bertz CT molecular complexity index is 351. The molecular formula is C12H23O8P. The number of carbonyl (C=O) groups excluding carboxylic acids is 2. The average molecular weight is 326 g/mol. The van der Waals surface area contributed by atoms with Crippen molar-refractivity contribution in [2.45, 2.75) is 52.7 Å². The molecule has 0 fully saturated rings. The molecule has 2 unspecified atom stereocenters. The van der Waals surface area contributed by atoms with Crippen LogP contribution < -0.4 is 0 Å². The number of phosphoric acid groups is 1. The van der Waals surface area contributed by atoms with Gasteiger partial charge >= 0.3 is 19.8 Å². The fourth-order valence-electron chi connectivity index (χ4n) is 1.27. The summed E-state index contributed by atoms with van der Waals surface area (Å²) in [4.78, 5) is 31.1. The summed E-state index contributed by atoms with van der Waals surface area (Å²) in [5, 5.41) is 0. The van der Waals surface area contributed by atoms with Crippen LogP contribution in [0.25, 0.3) is 0 Å². The van der Waals surface area contributed by atoms with Crippen molar-refractivity contribution in [3.8, 4) is 0 Å². The normalized spacial score (nSPS) is 16.6. The number of ether oxygens (including phenoxy) is 2. The van der Waals surface area contributed by atoms with E-state index in [9.17, 15) is 19.0 Å². The van der Waals surface area contributed by atoms with E-state index in [0.717, 1.165) is 0 Å². The largest absolute Gasteiger partial charge is 0.472 e. The molecule has 0 radical (unpaired) electrons. The Labute approximate surface area is 124 Å². The third kappa shape index (κ3) is 10.4. The quantitative estimate of drug-likeness (QED) is 0.478. The standard InChI is InChI=1S/C12H23O8P/c1-5-11(7-17-9(3)13)19-21(15,16)20-12(6-2)8-18-10(4)14/h11-12H,5-8H2,1-4H3,(H,15,16). The lowest BCUT2D eigenvalue weighted by atomic mass is 10.3. The highest BCUT2D eigenvalue weighted by Crippen LogP contribution is 2.46. The first-order chi connectivity index (χ1) is 9.70. The van der Waals surface area contributed by atoms with Crippen molar-refractivity contribution in [1.82, 2.24) is 0 Å². The summed E-state index contributed by atoms with van der Waals surface area (Å²) in [6.45, 7) is 5.61. The molecule has 9 heteroatoms. The molecule has 21 heavy (non-hydrogen) atoms. The van der Waals surface area contributed by atoms with Gasteiger partial charge in [-0.05, 0) is 12.8 Å². The van der Waals surface area contributed by atoms with Crippen molar-refractivity contribution in [3.63, 3.8) is 0 Å². The van der Waals surface area contributed by atoms with Gasteiger partial charge in [0.05, 0.1) is 0 Å². The Balaban J connectivity index is 4.45. The van der Waals surface area contributed by atoms with Gasteiger partial charge in [0, 0.05) is 13.8 Å². The first kappa shape index (κ1) is 20.1. The highest BCUT2D eigenvalue weighted by molar-refractivity contribution is 7.47. The number of hydrogen-bond donors (Lipinski definition) is 1. The van der Waals surface area contributed by atoms with Gasteiger partial charge in [0.2, 0.25) is 0 Å². The minimum atomic E-state index is -4.34. The predicted molar refractivity (Wildman–Crippen MR) is 73.4 cm³/mol. The molecule has 0 rings (SSSR count). The van der Waals surface area contributed by atoms with Crippen molar-refractivity contribution in [1.29, 1.82) is 0 Å². The minimum Gasteiger partial charge on any atom is -0.463 e. The Morgan fingerprint density at radius 2 is 1.29 bits per heavy atom. The van der Waals surface area contributed by atoms with E-state index >= 15 is 0 Å². The van der Waals surface area contributed by atoms with Crippen molar-refractivity contribution >= 4 is 19.8 Å². The topological polar surface area (TPSA) is 108 Å². The number of hydrogen-bond acceptors (Lipinski definition) is 7. The number of carbonyl (C=O) groups is 2. The van der Waals surface area contributed by atoms with Crippen molar-refractivity contribution < 1.29 is 37.6 Å². The summed E-state index contributed by atoms with van der Waals surface area (Å²) >= 11 is 0. The molecule has 0 heterocycles. The second-order valence-corrected chi connectivity index (χ2v) is 5.70. The van der Waals surface area contributed by atoms with Crippen LogP contribution in [0.3, 0.4) is 0 Å². The van der Waals surface area contributed by atoms with Gasteiger partial charge in [0.15, 0.2) is 0 Å². The molecule has 2 atom stereocenters. The van der Waals surface area contributed by atoms with Crippen LogP contribution in [0.2, 0.25) is 0 Å². The predicted octanol–water partition coefficient (Wildman–Crippen LogP) is 1.80. The zero-order valence-corrected chi connectivity index (χ0v) is 13.6. The highest BCUT2D eigenvalue weighted by Gasteiger charge is 2.30. The lowest BCUT2D eigenvalue weighted by molar-refractivity contribution is -0.144. The summed E-state index contributed by atoms with van der Waals surface area (Å²) < 4.78 is 31.2. The molecule has 0 aliphatic heterocycles. The Hall–Kier alpha value is -0.950. The molecule has 0 spiro atoms. The molecule has 0 amide bonds. The fourth-order valence-corrected chi connectivity index (χ4v) is 2.49. The fraction of sp³-hybridized carbons (Fsp3) is 0.833. The lowest BCUT2D eigenvalue weighted by Gasteiger charge is -2.23. The second-order valence-electron chi connectivity index (χ2n) is 4.35. The van der Waals surface area contributed by atoms with Gasteiger partial charge in [-0.3, -0.25) is 18.6 Å². The van der Waals surface area contributed by atoms with E-state index in [4.69, 9.17) is 18.5 Å². The van der Waals surface area contributed by atoms with E-state index in [1.165, 1.54) is 13.8 Å². The summed E-state index contributed by atoms with van der Waals surface area (Å²) in [7, 11) is -4.34. The maximum atomic E-state index is 11.9. The van der Waals surface area contributed by atoms with Crippen LogP contribution in [-0.2, 0) is 32.7 Å². The summed E-state index contributed by atoms with van der Waals surface area (Å²) in [6, 6.07) is 0. The maximum Gasteiger partial charge on any atom is 0.472 e. The van der Waals surface area contributed by atoms with E-state index in [0.29, 0.717) is 12.8 Å². The first-order valence-corrected chi connectivity index (χ1v) is 8.16. The molecule has 0 aromatic carbocycles. The van der Waals surface area contributed by atoms with Crippen LogP contribution in [0, 0.1) is 0 Å².